The summed E-state index contributed by atoms with van der Waals surface area (Å²) in [6.45, 7) is 7.21. The maximum atomic E-state index is 4.52. The first-order chi connectivity index (χ1) is 9.72. The van der Waals surface area contributed by atoms with Gasteiger partial charge in [-0.05, 0) is 13.3 Å². The Morgan fingerprint density at radius 1 is 1.25 bits per heavy atom. The third-order valence-electron chi connectivity index (χ3n) is 2.83. The molecule has 0 aromatic carbocycles. The van der Waals surface area contributed by atoms with E-state index in [1.807, 2.05) is 17.6 Å². The number of hydrogen-bond donors (Lipinski definition) is 2. The van der Waals surface area contributed by atoms with Gasteiger partial charge in [-0.15, -0.1) is 11.3 Å². The van der Waals surface area contributed by atoms with Crippen LogP contribution < -0.4 is 10.6 Å². The van der Waals surface area contributed by atoms with E-state index in [2.05, 4.69) is 46.4 Å². The normalized spacial score (nSPS) is 12.2. The standard InChI is InChI=1S/C14H21N5S/c1-4-6-15-12-9-13(19-11(5-2)18-12)17-10(3)14-16-7-8-20-14/h7-10H,4-6H2,1-3H3,(H2,15,17,18,19). The second-order valence-electron chi connectivity index (χ2n) is 4.57. The van der Waals surface area contributed by atoms with Crippen molar-refractivity contribution in [2.45, 2.75) is 39.7 Å². The Labute approximate surface area is 123 Å². The van der Waals surface area contributed by atoms with Gasteiger partial charge in [-0.25, -0.2) is 15.0 Å². The van der Waals surface area contributed by atoms with E-state index in [0.717, 1.165) is 41.9 Å². The van der Waals surface area contributed by atoms with Crippen LogP contribution in [0.15, 0.2) is 17.6 Å². The Balaban J connectivity index is 2.13. The zero-order valence-corrected chi connectivity index (χ0v) is 13.0. The molecule has 2 N–H and O–H groups in total. The fourth-order valence-electron chi connectivity index (χ4n) is 1.80. The summed E-state index contributed by atoms with van der Waals surface area (Å²) in [7, 11) is 0. The lowest BCUT2D eigenvalue weighted by atomic mass is 10.3. The van der Waals surface area contributed by atoms with Crippen molar-refractivity contribution in [3.63, 3.8) is 0 Å². The average molecular weight is 291 g/mol. The van der Waals surface area contributed by atoms with E-state index in [0.29, 0.717) is 0 Å². The number of nitrogens with zero attached hydrogens (tertiary/aromatic N) is 3. The number of thiazole rings is 1. The van der Waals surface area contributed by atoms with Crippen molar-refractivity contribution in [2.75, 3.05) is 17.2 Å². The Bertz CT molecular complexity index is 526. The highest BCUT2D eigenvalue weighted by atomic mass is 32.1. The van der Waals surface area contributed by atoms with Gasteiger partial charge in [0.2, 0.25) is 0 Å². The number of aromatic nitrogens is 3. The van der Waals surface area contributed by atoms with Crippen molar-refractivity contribution < 1.29 is 0 Å². The lowest BCUT2D eigenvalue weighted by Crippen LogP contribution is -2.11. The van der Waals surface area contributed by atoms with Crippen LogP contribution in [0.5, 0.6) is 0 Å². The number of aryl methyl sites for hydroxylation is 1. The van der Waals surface area contributed by atoms with Crippen molar-refractivity contribution in [1.82, 2.24) is 15.0 Å². The van der Waals surface area contributed by atoms with Crippen LogP contribution in [0.3, 0.4) is 0 Å². The molecular weight excluding hydrogens is 270 g/mol. The molecule has 0 fully saturated rings. The van der Waals surface area contributed by atoms with Gasteiger partial charge in [-0.2, -0.15) is 0 Å². The predicted octanol–water partition coefficient (Wildman–Crippen LogP) is 3.49. The maximum absolute atomic E-state index is 4.52. The van der Waals surface area contributed by atoms with Gasteiger partial charge >= 0.3 is 0 Å². The minimum atomic E-state index is 0.147. The van der Waals surface area contributed by atoms with Crippen LogP contribution in [-0.2, 0) is 6.42 Å². The quantitative estimate of drug-likeness (QED) is 0.817. The van der Waals surface area contributed by atoms with E-state index in [9.17, 15) is 0 Å². The molecule has 1 unspecified atom stereocenters. The minimum absolute atomic E-state index is 0.147. The van der Waals surface area contributed by atoms with Crippen LogP contribution in [0.4, 0.5) is 11.6 Å². The van der Waals surface area contributed by atoms with Gasteiger partial charge in [0.05, 0.1) is 6.04 Å². The highest BCUT2D eigenvalue weighted by Gasteiger charge is 2.10. The number of nitrogens with one attached hydrogen (secondary N) is 2. The molecule has 0 radical (unpaired) electrons. The number of anilines is 2. The molecule has 2 heterocycles. The second kappa shape index (κ2) is 7.19. The molecule has 0 bridgehead atoms. The fraction of sp³-hybridized carbons (Fsp3) is 0.500. The summed E-state index contributed by atoms with van der Waals surface area (Å²) < 4.78 is 0. The molecule has 2 aromatic heterocycles. The minimum Gasteiger partial charge on any atom is -0.370 e. The van der Waals surface area contributed by atoms with Gasteiger partial charge in [0.1, 0.15) is 22.5 Å². The van der Waals surface area contributed by atoms with Gasteiger partial charge in [-0.1, -0.05) is 13.8 Å². The lowest BCUT2D eigenvalue weighted by Gasteiger charge is -2.14. The Hall–Kier alpha value is -1.69. The van der Waals surface area contributed by atoms with Gasteiger partial charge in [0.15, 0.2) is 0 Å². The van der Waals surface area contributed by atoms with Gasteiger partial charge in [0, 0.05) is 30.6 Å². The first-order valence-corrected chi connectivity index (χ1v) is 7.88. The van der Waals surface area contributed by atoms with E-state index in [1.54, 1.807) is 11.3 Å². The lowest BCUT2D eigenvalue weighted by molar-refractivity contribution is 0.845. The van der Waals surface area contributed by atoms with Gasteiger partial charge in [-0.3, -0.25) is 0 Å². The van der Waals surface area contributed by atoms with Crippen LogP contribution in [0.1, 0.15) is 44.1 Å². The van der Waals surface area contributed by atoms with Crippen molar-refractivity contribution >= 4 is 23.0 Å². The van der Waals surface area contributed by atoms with Gasteiger partial charge < -0.3 is 10.6 Å². The first-order valence-electron chi connectivity index (χ1n) is 7.00. The van der Waals surface area contributed by atoms with Crippen LogP contribution in [-0.4, -0.2) is 21.5 Å². The van der Waals surface area contributed by atoms with E-state index in [4.69, 9.17) is 0 Å². The Kier molecular flexibility index (Phi) is 5.29. The van der Waals surface area contributed by atoms with Crippen LogP contribution in [0, 0.1) is 0 Å². The zero-order chi connectivity index (χ0) is 14.4. The molecule has 2 rings (SSSR count). The molecule has 0 aliphatic carbocycles. The molecule has 0 saturated carbocycles. The van der Waals surface area contributed by atoms with E-state index >= 15 is 0 Å². The summed E-state index contributed by atoms with van der Waals surface area (Å²) in [5, 5.41) is 9.75. The number of hydrogen-bond acceptors (Lipinski definition) is 6. The molecule has 20 heavy (non-hydrogen) atoms. The van der Waals surface area contributed by atoms with Crippen LogP contribution in [0.25, 0.3) is 0 Å². The largest absolute Gasteiger partial charge is 0.370 e. The summed E-state index contributed by atoms with van der Waals surface area (Å²) in [6, 6.07) is 2.10. The highest BCUT2D eigenvalue weighted by molar-refractivity contribution is 7.09. The monoisotopic (exact) mass is 291 g/mol. The molecule has 0 aliphatic rings. The summed E-state index contributed by atoms with van der Waals surface area (Å²) in [6.07, 6.45) is 3.72. The molecule has 108 valence electrons. The molecule has 0 saturated heterocycles. The third-order valence-corrected chi connectivity index (χ3v) is 3.79. The zero-order valence-electron chi connectivity index (χ0n) is 12.2. The molecule has 5 nitrogen and oxygen atoms in total. The Morgan fingerprint density at radius 3 is 2.70 bits per heavy atom. The smallest absolute Gasteiger partial charge is 0.132 e. The van der Waals surface area contributed by atoms with Crippen LogP contribution >= 0.6 is 11.3 Å². The average Bonchev–Trinajstić information content (AvgIpc) is 2.99. The SMILES string of the molecule is CCCNc1cc(NC(C)c2nccs2)nc(CC)n1. The molecule has 6 heteroatoms. The summed E-state index contributed by atoms with van der Waals surface area (Å²) >= 11 is 1.65. The summed E-state index contributed by atoms with van der Waals surface area (Å²) in [5.41, 5.74) is 0. The van der Waals surface area contributed by atoms with Gasteiger partial charge in [0.25, 0.3) is 0 Å². The van der Waals surface area contributed by atoms with Crippen molar-refractivity contribution in [1.29, 1.82) is 0 Å². The highest BCUT2D eigenvalue weighted by Crippen LogP contribution is 2.21. The number of rotatable bonds is 7. The first kappa shape index (κ1) is 14.7. The van der Waals surface area contributed by atoms with E-state index in [1.165, 1.54) is 0 Å². The van der Waals surface area contributed by atoms with Crippen molar-refractivity contribution in [3.05, 3.63) is 28.5 Å². The molecule has 0 aliphatic heterocycles. The van der Waals surface area contributed by atoms with Crippen molar-refractivity contribution in [3.8, 4) is 0 Å². The fourth-order valence-corrected chi connectivity index (χ4v) is 2.45. The van der Waals surface area contributed by atoms with E-state index in [-0.39, 0.29) is 6.04 Å². The molecule has 1 atom stereocenters. The topological polar surface area (TPSA) is 62.7 Å². The Morgan fingerprint density at radius 2 is 2.05 bits per heavy atom. The van der Waals surface area contributed by atoms with E-state index < -0.39 is 0 Å². The maximum Gasteiger partial charge on any atom is 0.132 e. The van der Waals surface area contributed by atoms with Crippen LogP contribution in [0.2, 0.25) is 0 Å². The van der Waals surface area contributed by atoms with Crippen molar-refractivity contribution in [2.24, 2.45) is 0 Å². The molecule has 0 amide bonds. The molecular formula is C14H21N5S. The summed E-state index contributed by atoms with van der Waals surface area (Å²) in [4.78, 5) is 13.3. The summed E-state index contributed by atoms with van der Waals surface area (Å²) in [5.74, 6) is 2.57. The second-order valence-corrected chi connectivity index (χ2v) is 5.50. The molecule has 2 aromatic rings. The third kappa shape index (κ3) is 3.90. The predicted molar refractivity (Wildman–Crippen MR) is 84.3 cm³/mol. The molecule has 0 spiro atoms.